The number of hydrogen-bond donors (Lipinski definition) is 2. The number of fused-ring (bicyclic) bond motifs is 1. The highest BCUT2D eigenvalue weighted by Crippen LogP contribution is 2.41. The number of benzene rings is 1. The van der Waals surface area contributed by atoms with Crippen molar-refractivity contribution in [2.24, 2.45) is 4.99 Å². The number of rotatable bonds is 11. The summed E-state index contributed by atoms with van der Waals surface area (Å²) in [6, 6.07) is 3.27. The van der Waals surface area contributed by atoms with E-state index in [0.29, 0.717) is 58.4 Å². The lowest BCUT2D eigenvalue weighted by atomic mass is 10.1. The Labute approximate surface area is 221 Å². The highest BCUT2D eigenvalue weighted by atomic mass is 35.5. The Hall–Kier alpha value is -2.96. The van der Waals surface area contributed by atoms with E-state index in [1.54, 1.807) is 30.2 Å². The van der Waals surface area contributed by atoms with E-state index in [-0.39, 0.29) is 24.7 Å². The molecule has 2 N–H and O–H groups in total. The van der Waals surface area contributed by atoms with Crippen LogP contribution in [0.1, 0.15) is 18.9 Å². The van der Waals surface area contributed by atoms with Crippen LogP contribution in [0.5, 0.6) is 11.5 Å². The van der Waals surface area contributed by atoms with Gasteiger partial charge in [0.15, 0.2) is 16.7 Å². The molecule has 198 valence electrons. The van der Waals surface area contributed by atoms with Gasteiger partial charge in [-0.1, -0.05) is 23.4 Å². The lowest BCUT2D eigenvalue weighted by molar-refractivity contribution is -0.136. The summed E-state index contributed by atoms with van der Waals surface area (Å²) in [6.07, 6.45) is 1.58. The molecule has 37 heavy (non-hydrogen) atoms. The maximum atomic E-state index is 13.5. The number of ether oxygens (including phenoxy) is 2. The lowest BCUT2D eigenvalue weighted by Gasteiger charge is -2.18. The fraction of sp³-hybridized carbons (Fsp3) is 0.417. The van der Waals surface area contributed by atoms with Gasteiger partial charge in [0.1, 0.15) is 17.5 Å². The molecule has 1 aromatic carbocycles. The number of aromatic amines is 1. The van der Waals surface area contributed by atoms with Crippen molar-refractivity contribution in [3.05, 3.63) is 28.9 Å². The van der Waals surface area contributed by atoms with Gasteiger partial charge < -0.3 is 19.6 Å². The minimum absolute atomic E-state index is 0.162. The topological polar surface area (TPSA) is 113 Å². The Morgan fingerprint density at radius 1 is 1.41 bits per heavy atom. The molecule has 0 spiro atoms. The molecule has 4 rings (SSSR count). The number of aliphatic carboxylic acids is 1. The van der Waals surface area contributed by atoms with Crippen LogP contribution in [0.2, 0.25) is 5.02 Å². The molecule has 2 aromatic heterocycles. The van der Waals surface area contributed by atoms with Crippen molar-refractivity contribution >= 4 is 47.1 Å². The molecule has 3 aromatic rings. The number of carbonyl (C=O) groups is 1. The number of likely N-dealkylation sites (tertiary alicyclic amines) is 1. The summed E-state index contributed by atoms with van der Waals surface area (Å²) in [5.74, 6) is -2.92. The molecule has 1 saturated heterocycles. The van der Waals surface area contributed by atoms with Crippen LogP contribution >= 0.6 is 23.4 Å². The predicted molar refractivity (Wildman–Crippen MR) is 139 cm³/mol. The Morgan fingerprint density at radius 3 is 2.84 bits per heavy atom. The van der Waals surface area contributed by atoms with Gasteiger partial charge in [0, 0.05) is 42.9 Å². The zero-order chi connectivity index (χ0) is 26.7. The molecule has 1 aliphatic heterocycles. The summed E-state index contributed by atoms with van der Waals surface area (Å²) < 4.78 is 38.4. The number of aromatic nitrogens is 3. The third kappa shape index (κ3) is 6.13. The summed E-state index contributed by atoms with van der Waals surface area (Å²) in [6.45, 7) is 5.92. The number of alkyl halides is 2. The second-order valence-corrected chi connectivity index (χ2v) is 10.3. The van der Waals surface area contributed by atoms with Crippen molar-refractivity contribution in [2.45, 2.75) is 36.2 Å². The van der Waals surface area contributed by atoms with Gasteiger partial charge in [-0.3, -0.25) is 14.7 Å². The molecule has 0 bridgehead atoms. The molecule has 1 atom stereocenters. The van der Waals surface area contributed by atoms with Crippen LogP contribution < -0.4 is 9.47 Å². The number of carboxylic acid groups (broad SMARTS) is 1. The minimum atomic E-state index is -2.67. The highest BCUT2D eigenvalue weighted by Gasteiger charge is 2.37. The van der Waals surface area contributed by atoms with Crippen LogP contribution in [-0.4, -0.2) is 82.2 Å². The molecule has 1 fully saturated rings. The van der Waals surface area contributed by atoms with Crippen molar-refractivity contribution in [3.63, 3.8) is 0 Å². The number of halogens is 3. The molecule has 0 saturated carbocycles. The quantitative estimate of drug-likeness (QED) is 0.198. The van der Waals surface area contributed by atoms with E-state index in [1.807, 2.05) is 0 Å². The zero-order valence-corrected chi connectivity index (χ0v) is 21.8. The van der Waals surface area contributed by atoms with Gasteiger partial charge in [0.05, 0.1) is 36.3 Å². The van der Waals surface area contributed by atoms with Gasteiger partial charge in [-0.15, -0.1) is 0 Å². The smallest absolute Gasteiger partial charge is 0.316 e. The average Bonchev–Trinajstić information content (AvgIpc) is 3.41. The number of carboxylic acids is 1. The molecular formula is C24H26ClF2N5O4S. The molecule has 9 nitrogen and oxygen atoms in total. The predicted octanol–water partition coefficient (Wildman–Crippen LogP) is 4.77. The van der Waals surface area contributed by atoms with Gasteiger partial charge in [0.2, 0.25) is 0 Å². The molecule has 1 unspecified atom stereocenters. The van der Waals surface area contributed by atoms with Gasteiger partial charge in [-0.25, -0.2) is 18.7 Å². The normalized spacial score (nSPS) is 16.1. The van der Waals surface area contributed by atoms with Crippen molar-refractivity contribution in [3.8, 4) is 22.8 Å². The summed E-state index contributed by atoms with van der Waals surface area (Å²) in [5.41, 5.74) is 2.24. The van der Waals surface area contributed by atoms with Crippen LogP contribution in [0, 0.1) is 0 Å². The van der Waals surface area contributed by atoms with Crippen LogP contribution in [0.4, 0.5) is 8.78 Å². The first-order valence-electron chi connectivity index (χ1n) is 11.4. The average molecular weight is 554 g/mol. The highest BCUT2D eigenvalue weighted by molar-refractivity contribution is 8.00. The number of aliphatic imine (C=N–C) groups is 1. The van der Waals surface area contributed by atoms with Crippen LogP contribution in [-0.2, 0) is 11.3 Å². The molecular weight excluding hydrogens is 528 g/mol. The molecule has 0 aliphatic carbocycles. The maximum Gasteiger partial charge on any atom is 0.316 e. The van der Waals surface area contributed by atoms with Crippen LogP contribution in [0.25, 0.3) is 22.3 Å². The molecule has 0 amide bonds. The third-order valence-corrected chi connectivity index (χ3v) is 7.19. The Kier molecular flexibility index (Phi) is 8.20. The Morgan fingerprint density at radius 2 is 2.19 bits per heavy atom. The number of nitrogens with zero attached hydrogens (tertiary/aromatic N) is 4. The van der Waals surface area contributed by atoms with E-state index in [0.717, 1.165) is 17.3 Å². The van der Waals surface area contributed by atoms with E-state index < -0.39 is 17.1 Å². The number of hydrogen-bond acceptors (Lipinski definition) is 8. The summed E-state index contributed by atoms with van der Waals surface area (Å²) in [4.78, 5) is 29.3. The van der Waals surface area contributed by atoms with Crippen LogP contribution in [0.3, 0.4) is 0 Å². The minimum Gasteiger partial charge on any atom is -0.493 e. The fourth-order valence-corrected chi connectivity index (χ4v) is 5.00. The monoisotopic (exact) mass is 553 g/mol. The van der Waals surface area contributed by atoms with Gasteiger partial charge >= 0.3 is 5.97 Å². The van der Waals surface area contributed by atoms with Gasteiger partial charge in [-0.05, 0) is 19.7 Å². The van der Waals surface area contributed by atoms with Gasteiger partial charge in [-0.2, -0.15) is 0 Å². The van der Waals surface area contributed by atoms with E-state index in [4.69, 9.17) is 21.1 Å². The number of H-pyrrole nitrogens is 1. The number of nitrogens with one attached hydrogen (secondary N) is 1. The Balaban J connectivity index is 1.72. The maximum absolute atomic E-state index is 13.5. The van der Waals surface area contributed by atoms with E-state index in [9.17, 15) is 18.7 Å². The van der Waals surface area contributed by atoms with Crippen LogP contribution in [0.15, 0.2) is 28.5 Å². The number of thioether (sulfide) groups is 1. The molecule has 0 radical (unpaired) electrons. The third-order valence-electron chi connectivity index (χ3n) is 5.93. The fourth-order valence-electron chi connectivity index (χ4n) is 4.05. The van der Waals surface area contributed by atoms with Crippen molar-refractivity contribution in [2.75, 3.05) is 33.4 Å². The first-order chi connectivity index (χ1) is 17.6. The van der Waals surface area contributed by atoms with Crippen molar-refractivity contribution < 1.29 is 28.2 Å². The molecule has 13 heteroatoms. The summed E-state index contributed by atoms with van der Waals surface area (Å²) in [5, 5.41) is 9.80. The summed E-state index contributed by atoms with van der Waals surface area (Å²) >= 11 is 7.65. The standard InChI is InChI=1S/C24H26ClF2N5O4S/c1-13(22(33)34)37-23-30-20(19-14(10-28-2)11-29-21(19)31-23)15-8-18(17(35-3)9-16(15)25)36-7-6-32-5-4-24(26,27)12-32/h8-9,11,13H,2,4-7,10,12H2,1,3H3,(H,33,34)(H,29,30,31). The second kappa shape index (κ2) is 11.2. The first kappa shape index (κ1) is 27.1. The Bertz CT molecular complexity index is 1320. The second-order valence-electron chi connectivity index (χ2n) is 8.59. The van der Waals surface area contributed by atoms with Crippen molar-refractivity contribution in [1.29, 1.82) is 0 Å². The molecule has 1 aliphatic rings. The van der Waals surface area contributed by atoms with E-state index >= 15 is 0 Å². The van der Waals surface area contributed by atoms with Crippen molar-refractivity contribution in [1.82, 2.24) is 19.9 Å². The number of methoxy groups -OCH3 is 1. The first-order valence-corrected chi connectivity index (χ1v) is 12.7. The SMILES string of the molecule is C=NCc1c[nH]c2nc(SC(C)C(=O)O)nc(-c3cc(OCCN4CCC(F)(F)C4)c(OC)cc3Cl)c12. The largest absolute Gasteiger partial charge is 0.493 e. The van der Waals surface area contributed by atoms with E-state index in [2.05, 4.69) is 26.7 Å². The zero-order valence-electron chi connectivity index (χ0n) is 20.3. The summed E-state index contributed by atoms with van der Waals surface area (Å²) in [7, 11) is 1.48. The lowest BCUT2D eigenvalue weighted by Crippen LogP contribution is -2.29. The van der Waals surface area contributed by atoms with Gasteiger partial charge in [0.25, 0.3) is 5.92 Å². The van der Waals surface area contributed by atoms with E-state index in [1.165, 1.54) is 7.11 Å². The molecule has 3 heterocycles.